The molecular weight excluding hydrogens is 249 g/mol. The van der Waals surface area contributed by atoms with Crippen LogP contribution in [-0.2, 0) is 10.4 Å². The van der Waals surface area contributed by atoms with Crippen LogP contribution in [0.25, 0.3) is 0 Å². The summed E-state index contributed by atoms with van der Waals surface area (Å²) in [6, 6.07) is 5.08. The summed E-state index contributed by atoms with van der Waals surface area (Å²) in [6.07, 6.45) is 0.848. The molecule has 1 atom stereocenters. The smallest absolute Gasteiger partial charge is 0.162 e. The third-order valence-corrected chi connectivity index (χ3v) is 3.04. The molecule has 0 aliphatic rings. The summed E-state index contributed by atoms with van der Waals surface area (Å²) >= 11 is 0. The number of alkyl halides is 1. The van der Waals surface area contributed by atoms with Crippen LogP contribution in [0.1, 0.15) is 18.4 Å². The Balaban J connectivity index is 3.18. The molecule has 1 aromatic carbocycles. The monoisotopic (exact) mass is 271 g/mol. The van der Waals surface area contributed by atoms with Crippen LogP contribution < -0.4 is 15.2 Å². The number of methoxy groups -OCH3 is 3. The van der Waals surface area contributed by atoms with Gasteiger partial charge in [-0.15, -0.1) is 0 Å². The van der Waals surface area contributed by atoms with Gasteiger partial charge < -0.3 is 19.9 Å². The number of benzene rings is 1. The molecule has 108 valence electrons. The van der Waals surface area contributed by atoms with Crippen molar-refractivity contribution >= 4 is 0 Å². The van der Waals surface area contributed by atoms with E-state index < -0.39 is 5.67 Å². The highest BCUT2D eigenvalue weighted by atomic mass is 19.1. The van der Waals surface area contributed by atoms with E-state index in [1.807, 2.05) is 0 Å². The maximum Gasteiger partial charge on any atom is 0.162 e. The van der Waals surface area contributed by atoms with Crippen molar-refractivity contribution in [2.45, 2.75) is 18.5 Å². The second kappa shape index (κ2) is 7.31. The number of hydrogen-bond donors (Lipinski definition) is 1. The van der Waals surface area contributed by atoms with Crippen molar-refractivity contribution in [2.24, 2.45) is 5.73 Å². The van der Waals surface area contributed by atoms with E-state index in [2.05, 4.69) is 0 Å². The molecule has 1 rings (SSSR count). The van der Waals surface area contributed by atoms with E-state index in [0.29, 0.717) is 30.0 Å². The molecule has 1 unspecified atom stereocenters. The molecule has 0 radical (unpaired) electrons. The Morgan fingerprint density at radius 3 is 2.47 bits per heavy atom. The quantitative estimate of drug-likeness (QED) is 0.788. The van der Waals surface area contributed by atoms with E-state index in [-0.39, 0.29) is 13.0 Å². The molecule has 19 heavy (non-hydrogen) atoms. The number of halogens is 1. The van der Waals surface area contributed by atoms with Gasteiger partial charge in [0.1, 0.15) is 11.5 Å². The summed E-state index contributed by atoms with van der Waals surface area (Å²) in [5, 5.41) is 0. The second-order valence-corrected chi connectivity index (χ2v) is 4.36. The van der Waals surface area contributed by atoms with E-state index in [1.165, 1.54) is 14.2 Å². The maximum absolute atomic E-state index is 15.2. The summed E-state index contributed by atoms with van der Waals surface area (Å²) < 4.78 is 30.6. The minimum absolute atomic E-state index is 0.0451. The van der Waals surface area contributed by atoms with Gasteiger partial charge in [-0.2, -0.15) is 0 Å². The molecule has 0 fully saturated rings. The summed E-state index contributed by atoms with van der Waals surface area (Å²) in [7, 11) is 4.53. The number of hydrogen-bond acceptors (Lipinski definition) is 4. The normalized spacial score (nSPS) is 13.9. The minimum Gasteiger partial charge on any atom is -0.497 e. The van der Waals surface area contributed by atoms with Gasteiger partial charge in [-0.05, 0) is 37.6 Å². The van der Waals surface area contributed by atoms with Crippen LogP contribution in [0.4, 0.5) is 4.39 Å². The van der Waals surface area contributed by atoms with Crippen molar-refractivity contribution < 1.29 is 18.6 Å². The molecule has 0 aromatic heterocycles. The number of rotatable bonds is 8. The number of ether oxygens (including phenoxy) is 3. The Morgan fingerprint density at radius 1 is 1.21 bits per heavy atom. The first-order valence-electron chi connectivity index (χ1n) is 6.21. The summed E-state index contributed by atoms with van der Waals surface area (Å²) in [6.45, 7) is 0.387. The molecule has 0 aliphatic heterocycles. The lowest BCUT2D eigenvalue weighted by molar-refractivity contribution is 0.0285. The third-order valence-electron chi connectivity index (χ3n) is 3.04. The molecule has 0 spiro atoms. The summed E-state index contributed by atoms with van der Waals surface area (Å²) in [5.74, 6) is 1.07. The molecule has 0 aliphatic carbocycles. The Kier molecular flexibility index (Phi) is 6.05. The average Bonchev–Trinajstić information content (AvgIpc) is 2.44. The SMILES string of the molecule is COCC(F)(CCCN)c1cc(OC)ccc1OC. The van der Waals surface area contributed by atoms with Crippen LogP contribution >= 0.6 is 0 Å². The maximum atomic E-state index is 15.2. The molecule has 2 N–H and O–H groups in total. The molecule has 4 nitrogen and oxygen atoms in total. The van der Waals surface area contributed by atoms with Gasteiger partial charge in [-0.1, -0.05) is 0 Å². The Bertz CT molecular complexity index is 400. The Hall–Kier alpha value is -1.33. The molecule has 5 heteroatoms. The first-order chi connectivity index (χ1) is 9.11. The molecular formula is C14H22FNO3. The molecule has 0 amide bonds. The van der Waals surface area contributed by atoms with E-state index in [9.17, 15) is 0 Å². The van der Waals surface area contributed by atoms with Crippen molar-refractivity contribution in [3.63, 3.8) is 0 Å². The van der Waals surface area contributed by atoms with Crippen molar-refractivity contribution in [1.82, 2.24) is 0 Å². The van der Waals surface area contributed by atoms with Gasteiger partial charge in [0.15, 0.2) is 5.67 Å². The average molecular weight is 271 g/mol. The summed E-state index contributed by atoms with van der Waals surface area (Å²) in [5.41, 5.74) is 4.28. The molecule has 0 saturated heterocycles. The molecule has 0 saturated carbocycles. The zero-order valence-corrected chi connectivity index (χ0v) is 11.7. The van der Waals surface area contributed by atoms with Crippen LogP contribution in [0, 0.1) is 0 Å². The van der Waals surface area contributed by atoms with Gasteiger partial charge in [-0.3, -0.25) is 0 Å². The fraction of sp³-hybridized carbons (Fsp3) is 0.571. The van der Waals surface area contributed by atoms with Crippen LogP contribution in [0.5, 0.6) is 11.5 Å². The minimum atomic E-state index is -1.63. The highest BCUT2D eigenvalue weighted by Crippen LogP contribution is 2.39. The van der Waals surface area contributed by atoms with Crippen LogP contribution in [0.15, 0.2) is 18.2 Å². The van der Waals surface area contributed by atoms with Crippen molar-refractivity contribution in [3.05, 3.63) is 23.8 Å². The Labute approximate surface area is 113 Å². The Morgan fingerprint density at radius 2 is 1.95 bits per heavy atom. The summed E-state index contributed by atoms with van der Waals surface area (Å²) in [4.78, 5) is 0. The van der Waals surface area contributed by atoms with Gasteiger partial charge in [0.05, 0.1) is 20.8 Å². The lowest BCUT2D eigenvalue weighted by atomic mass is 9.90. The molecule has 0 bridgehead atoms. The van der Waals surface area contributed by atoms with Gasteiger partial charge >= 0.3 is 0 Å². The lowest BCUT2D eigenvalue weighted by Crippen LogP contribution is -2.28. The highest BCUT2D eigenvalue weighted by Gasteiger charge is 2.35. The largest absolute Gasteiger partial charge is 0.497 e. The van der Waals surface area contributed by atoms with E-state index in [1.54, 1.807) is 25.3 Å². The van der Waals surface area contributed by atoms with Crippen LogP contribution in [0.2, 0.25) is 0 Å². The topological polar surface area (TPSA) is 53.7 Å². The van der Waals surface area contributed by atoms with Crippen molar-refractivity contribution in [1.29, 1.82) is 0 Å². The van der Waals surface area contributed by atoms with E-state index >= 15 is 4.39 Å². The fourth-order valence-corrected chi connectivity index (χ4v) is 2.06. The second-order valence-electron chi connectivity index (χ2n) is 4.36. The number of nitrogens with two attached hydrogens (primary N) is 1. The zero-order valence-electron chi connectivity index (χ0n) is 11.7. The van der Waals surface area contributed by atoms with Gasteiger partial charge in [-0.25, -0.2) is 4.39 Å². The predicted molar refractivity (Wildman–Crippen MR) is 72.5 cm³/mol. The standard InChI is InChI=1S/C14H22FNO3/c1-17-10-14(15,7-4-8-16)12-9-11(18-2)5-6-13(12)19-3/h5-6,9H,4,7-8,10,16H2,1-3H3. The first kappa shape index (κ1) is 15.7. The first-order valence-corrected chi connectivity index (χ1v) is 6.21. The predicted octanol–water partition coefficient (Wildman–Crippen LogP) is 2.25. The van der Waals surface area contributed by atoms with Gasteiger partial charge in [0, 0.05) is 12.7 Å². The van der Waals surface area contributed by atoms with Crippen LogP contribution in [-0.4, -0.2) is 34.5 Å². The van der Waals surface area contributed by atoms with Crippen LogP contribution in [0.3, 0.4) is 0 Å². The van der Waals surface area contributed by atoms with Crippen molar-refractivity contribution in [2.75, 3.05) is 34.5 Å². The highest BCUT2D eigenvalue weighted by molar-refractivity contribution is 5.44. The fourth-order valence-electron chi connectivity index (χ4n) is 2.06. The van der Waals surface area contributed by atoms with E-state index in [4.69, 9.17) is 19.9 Å². The molecule has 1 aromatic rings. The third kappa shape index (κ3) is 3.81. The zero-order chi connectivity index (χ0) is 14.3. The lowest BCUT2D eigenvalue weighted by Gasteiger charge is -2.27. The molecule has 0 heterocycles. The van der Waals surface area contributed by atoms with Crippen molar-refractivity contribution in [3.8, 4) is 11.5 Å². The van der Waals surface area contributed by atoms with Gasteiger partial charge in [0.2, 0.25) is 0 Å². The van der Waals surface area contributed by atoms with Gasteiger partial charge in [0.25, 0.3) is 0 Å². The van der Waals surface area contributed by atoms with E-state index in [0.717, 1.165) is 0 Å².